The van der Waals surface area contributed by atoms with Gasteiger partial charge in [-0.25, -0.2) is 4.39 Å². The molecule has 2 aliphatic rings. The molecule has 1 heterocycles. The van der Waals surface area contributed by atoms with Crippen LogP contribution < -0.4 is 0 Å². The average Bonchev–Trinajstić information content (AvgIpc) is 3.36. The zero-order valence-electron chi connectivity index (χ0n) is 13.2. The Labute approximate surface area is 134 Å². The van der Waals surface area contributed by atoms with Gasteiger partial charge >= 0.3 is 0 Å². The van der Waals surface area contributed by atoms with E-state index in [4.69, 9.17) is 0 Å². The molecule has 0 bridgehead atoms. The van der Waals surface area contributed by atoms with E-state index < -0.39 is 11.5 Å². The first-order valence-electron chi connectivity index (χ1n) is 7.96. The topological polar surface area (TPSA) is 60.9 Å². The Morgan fingerprint density at radius 2 is 1.61 bits per heavy atom. The number of aliphatic hydroxyl groups is 1. The minimum atomic E-state index is -1.01. The zero-order chi connectivity index (χ0) is 16.6. The summed E-state index contributed by atoms with van der Waals surface area (Å²) in [4.78, 5) is 28.0. The molecule has 1 saturated carbocycles. The summed E-state index contributed by atoms with van der Waals surface area (Å²) in [6.07, 6.45) is 0.556. The summed E-state index contributed by atoms with van der Waals surface area (Å²) in [5, 5.41) is 9.36. The maximum atomic E-state index is 13.1. The SMILES string of the molecule is CC(O)C(=O)N1CCN(C(=O)C2(c3ccc(F)cc3)CC2)CC1. The molecule has 2 amide bonds. The number of hydrogen-bond acceptors (Lipinski definition) is 3. The number of amides is 2. The lowest BCUT2D eigenvalue weighted by Gasteiger charge is -2.37. The van der Waals surface area contributed by atoms with E-state index in [0.717, 1.165) is 18.4 Å². The van der Waals surface area contributed by atoms with Crippen molar-refractivity contribution in [2.24, 2.45) is 0 Å². The minimum absolute atomic E-state index is 0.0632. The van der Waals surface area contributed by atoms with Crippen LogP contribution >= 0.6 is 0 Å². The molecule has 1 aliphatic carbocycles. The van der Waals surface area contributed by atoms with Crippen LogP contribution in [-0.2, 0) is 15.0 Å². The molecule has 1 aliphatic heterocycles. The zero-order valence-corrected chi connectivity index (χ0v) is 13.2. The number of rotatable bonds is 3. The van der Waals surface area contributed by atoms with E-state index in [1.54, 1.807) is 21.9 Å². The molecule has 124 valence electrons. The van der Waals surface area contributed by atoms with Crippen LogP contribution in [0.15, 0.2) is 24.3 Å². The van der Waals surface area contributed by atoms with Gasteiger partial charge in [0.15, 0.2) is 0 Å². The first-order valence-corrected chi connectivity index (χ1v) is 7.96. The lowest BCUT2D eigenvalue weighted by atomic mass is 9.94. The Hall–Kier alpha value is -1.95. The third-order valence-electron chi connectivity index (χ3n) is 4.79. The fraction of sp³-hybridized carbons (Fsp3) is 0.529. The minimum Gasteiger partial charge on any atom is -0.384 e. The van der Waals surface area contributed by atoms with Crippen molar-refractivity contribution in [2.75, 3.05) is 26.2 Å². The number of carbonyl (C=O) groups is 2. The number of aliphatic hydroxyl groups excluding tert-OH is 1. The van der Waals surface area contributed by atoms with Crippen molar-refractivity contribution < 1.29 is 19.1 Å². The Kier molecular flexibility index (Phi) is 4.10. The van der Waals surface area contributed by atoms with E-state index >= 15 is 0 Å². The summed E-state index contributed by atoms with van der Waals surface area (Å²) in [5.41, 5.74) is 0.357. The van der Waals surface area contributed by atoms with Gasteiger partial charge in [-0.3, -0.25) is 9.59 Å². The second-order valence-corrected chi connectivity index (χ2v) is 6.38. The van der Waals surface area contributed by atoms with Crippen molar-refractivity contribution in [3.63, 3.8) is 0 Å². The van der Waals surface area contributed by atoms with Crippen LogP contribution in [0.2, 0.25) is 0 Å². The van der Waals surface area contributed by atoms with Crippen molar-refractivity contribution in [1.82, 2.24) is 9.80 Å². The fourth-order valence-electron chi connectivity index (χ4n) is 3.22. The molecule has 1 atom stereocenters. The molecule has 1 aromatic rings. The number of hydrogen-bond donors (Lipinski definition) is 1. The van der Waals surface area contributed by atoms with E-state index in [-0.39, 0.29) is 17.6 Å². The van der Waals surface area contributed by atoms with Crippen LogP contribution in [0.1, 0.15) is 25.3 Å². The first kappa shape index (κ1) is 15.9. The van der Waals surface area contributed by atoms with Gasteiger partial charge in [-0.15, -0.1) is 0 Å². The first-order chi connectivity index (χ1) is 10.9. The predicted molar refractivity (Wildman–Crippen MR) is 82.2 cm³/mol. The van der Waals surface area contributed by atoms with Crippen LogP contribution in [-0.4, -0.2) is 59.0 Å². The van der Waals surface area contributed by atoms with Gasteiger partial charge in [-0.05, 0) is 37.5 Å². The largest absolute Gasteiger partial charge is 0.384 e. The Bertz CT molecular complexity index is 603. The number of halogens is 1. The number of benzene rings is 1. The highest BCUT2D eigenvalue weighted by Gasteiger charge is 2.53. The molecule has 0 radical (unpaired) electrons. The average molecular weight is 320 g/mol. The molecule has 5 nitrogen and oxygen atoms in total. The normalized spacial score (nSPS) is 21.0. The second-order valence-electron chi connectivity index (χ2n) is 6.38. The lowest BCUT2D eigenvalue weighted by Crippen LogP contribution is -2.54. The quantitative estimate of drug-likeness (QED) is 0.900. The summed E-state index contributed by atoms with van der Waals surface area (Å²) in [5.74, 6) is -0.535. The molecular weight excluding hydrogens is 299 g/mol. The van der Waals surface area contributed by atoms with Crippen molar-refractivity contribution in [2.45, 2.75) is 31.3 Å². The summed E-state index contributed by atoms with van der Waals surface area (Å²) < 4.78 is 13.1. The van der Waals surface area contributed by atoms with Crippen molar-refractivity contribution >= 4 is 11.8 Å². The molecular formula is C17H21FN2O3. The van der Waals surface area contributed by atoms with Gasteiger partial charge in [0.1, 0.15) is 11.9 Å². The standard InChI is InChI=1S/C17H21FN2O3/c1-12(21)15(22)19-8-10-20(11-9-19)16(23)17(6-7-17)13-2-4-14(18)5-3-13/h2-5,12,21H,6-11H2,1H3. The Balaban J connectivity index is 1.66. The molecule has 0 aromatic heterocycles. The van der Waals surface area contributed by atoms with Gasteiger partial charge in [-0.1, -0.05) is 12.1 Å². The van der Waals surface area contributed by atoms with Gasteiger partial charge in [0.2, 0.25) is 5.91 Å². The Morgan fingerprint density at radius 1 is 1.09 bits per heavy atom. The highest BCUT2D eigenvalue weighted by atomic mass is 19.1. The third-order valence-corrected chi connectivity index (χ3v) is 4.79. The van der Waals surface area contributed by atoms with Crippen molar-refractivity contribution in [3.05, 3.63) is 35.6 Å². The van der Waals surface area contributed by atoms with Crippen LogP contribution in [0.4, 0.5) is 4.39 Å². The molecule has 1 unspecified atom stereocenters. The summed E-state index contributed by atoms with van der Waals surface area (Å²) in [6.45, 7) is 3.28. The van der Waals surface area contributed by atoms with Gasteiger partial charge < -0.3 is 14.9 Å². The van der Waals surface area contributed by atoms with E-state index in [2.05, 4.69) is 0 Å². The van der Waals surface area contributed by atoms with Crippen molar-refractivity contribution in [1.29, 1.82) is 0 Å². The van der Waals surface area contributed by atoms with E-state index in [1.165, 1.54) is 19.1 Å². The molecule has 1 N–H and O–H groups in total. The highest BCUT2D eigenvalue weighted by molar-refractivity contribution is 5.91. The fourth-order valence-corrected chi connectivity index (χ4v) is 3.22. The summed E-state index contributed by atoms with van der Waals surface area (Å²) in [7, 11) is 0. The molecule has 1 saturated heterocycles. The van der Waals surface area contributed by atoms with E-state index in [0.29, 0.717) is 26.2 Å². The molecule has 1 aromatic carbocycles. The smallest absolute Gasteiger partial charge is 0.251 e. The third kappa shape index (κ3) is 2.95. The molecule has 2 fully saturated rings. The van der Waals surface area contributed by atoms with E-state index in [1.807, 2.05) is 0 Å². The van der Waals surface area contributed by atoms with Gasteiger partial charge in [0.25, 0.3) is 5.91 Å². The second kappa shape index (κ2) is 5.92. The van der Waals surface area contributed by atoms with Gasteiger partial charge in [0, 0.05) is 26.2 Å². The van der Waals surface area contributed by atoms with Crippen LogP contribution in [0.5, 0.6) is 0 Å². The number of carbonyl (C=O) groups excluding carboxylic acids is 2. The number of piperazine rings is 1. The Morgan fingerprint density at radius 3 is 2.09 bits per heavy atom. The van der Waals surface area contributed by atoms with E-state index in [9.17, 15) is 19.1 Å². The van der Waals surface area contributed by atoms with Crippen LogP contribution in [0.3, 0.4) is 0 Å². The molecule has 23 heavy (non-hydrogen) atoms. The lowest BCUT2D eigenvalue weighted by molar-refractivity contribution is -0.145. The maximum Gasteiger partial charge on any atom is 0.251 e. The van der Waals surface area contributed by atoms with Gasteiger partial charge in [-0.2, -0.15) is 0 Å². The van der Waals surface area contributed by atoms with Gasteiger partial charge in [0.05, 0.1) is 5.41 Å². The highest BCUT2D eigenvalue weighted by Crippen LogP contribution is 2.49. The van der Waals surface area contributed by atoms with Crippen LogP contribution in [0.25, 0.3) is 0 Å². The van der Waals surface area contributed by atoms with Crippen molar-refractivity contribution in [3.8, 4) is 0 Å². The van der Waals surface area contributed by atoms with Crippen LogP contribution in [0, 0.1) is 5.82 Å². The maximum absolute atomic E-state index is 13.1. The molecule has 3 rings (SSSR count). The monoisotopic (exact) mass is 320 g/mol. The number of nitrogens with zero attached hydrogens (tertiary/aromatic N) is 2. The molecule has 6 heteroatoms. The molecule has 0 spiro atoms. The predicted octanol–water partition coefficient (Wildman–Crippen LogP) is 0.909. The summed E-state index contributed by atoms with van der Waals surface area (Å²) in [6, 6.07) is 6.16. The summed E-state index contributed by atoms with van der Waals surface area (Å²) >= 11 is 0.